The van der Waals surface area contributed by atoms with Gasteiger partial charge in [0, 0.05) is 19.4 Å². The number of amides is 1. The van der Waals surface area contributed by atoms with Crippen LogP contribution in [-0.2, 0) is 24.3 Å². The summed E-state index contributed by atoms with van der Waals surface area (Å²) >= 11 is 5.64. The molecule has 1 aliphatic heterocycles. The molecule has 0 aromatic carbocycles. The Hall–Kier alpha value is -1.93. The fraction of sp³-hybridized carbons (Fsp3) is 0.571. The van der Waals surface area contributed by atoms with Crippen LogP contribution >= 0.6 is 11.6 Å². The molecule has 2 aromatic heterocycles. The summed E-state index contributed by atoms with van der Waals surface area (Å²) in [6.07, 6.45) is 0.908. The van der Waals surface area contributed by atoms with E-state index in [0.717, 1.165) is 5.69 Å². The number of aliphatic hydroxyl groups is 1. The van der Waals surface area contributed by atoms with Crippen molar-refractivity contribution in [3.05, 3.63) is 28.6 Å². The van der Waals surface area contributed by atoms with Crippen molar-refractivity contribution in [2.45, 2.75) is 45.4 Å². The predicted molar refractivity (Wildman–Crippen MR) is 82.6 cm³/mol. The molecule has 3 rings (SSSR count). The first kappa shape index (κ1) is 15.9. The van der Waals surface area contributed by atoms with Crippen molar-refractivity contribution in [1.82, 2.24) is 29.9 Å². The van der Waals surface area contributed by atoms with E-state index in [9.17, 15) is 9.90 Å². The molecule has 8 nitrogen and oxygen atoms in total. The number of carbonyl (C=O) groups is 1. The van der Waals surface area contributed by atoms with E-state index in [1.807, 2.05) is 17.7 Å². The van der Waals surface area contributed by atoms with Crippen molar-refractivity contribution in [3.8, 4) is 0 Å². The van der Waals surface area contributed by atoms with Gasteiger partial charge < -0.3 is 10.0 Å². The van der Waals surface area contributed by atoms with Gasteiger partial charge in [0.2, 0.25) is 11.2 Å². The monoisotopic (exact) mass is 338 g/mol. The molecule has 0 unspecified atom stereocenters. The van der Waals surface area contributed by atoms with Crippen LogP contribution in [0.1, 0.15) is 43.1 Å². The topological polar surface area (TPSA) is 99.9 Å². The fourth-order valence-corrected chi connectivity index (χ4v) is 2.79. The zero-order valence-corrected chi connectivity index (χ0v) is 13.6. The highest BCUT2D eigenvalue weighted by Gasteiger charge is 2.23. The third-order valence-corrected chi connectivity index (χ3v) is 4.15. The quantitative estimate of drug-likeness (QED) is 0.849. The molecule has 1 aliphatic rings. The Morgan fingerprint density at radius 3 is 3.04 bits per heavy atom. The highest BCUT2D eigenvalue weighted by Crippen LogP contribution is 2.20. The van der Waals surface area contributed by atoms with E-state index in [2.05, 4.69) is 20.3 Å². The molecular formula is C14H19ClN6O2. The van der Waals surface area contributed by atoms with Crippen molar-refractivity contribution >= 4 is 17.5 Å². The summed E-state index contributed by atoms with van der Waals surface area (Å²) < 4.78 is 1.87. The highest BCUT2D eigenvalue weighted by atomic mass is 35.5. The molecule has 124 valence electrons. The number of aryl methyl sites for hydroxylation is 1. The van der Waals surface area contributed by atoms with Gasteiger partial charge in [0.25, 0.3) is 0 Å². The molecule has 2 aromatic rings. The number of carbonyl (C=O) groups excluding carboxylic acids is 1. The minimum absolute atomic E-state index is 0.0579. The molecule has 23 heavy (non-hydrogen) atoms. The molecule has 0 spiro atoms. The molecule has 0 aliphatic carbocycles. The molecule has 0 fully saturated rings. The molecular weight excluding hydrogens is 320 g/mol. The van der Waals surface area contributed by atoms with Gasteiger partial charge in [0.15, 0.2) is 0 Å². The molecule has 9 heteroatoms. The van der Waals surface area contributed by atoms with E-state index in [0.29, 0.717) is 50.4 Å². The summed E-state index contributed by atoms with van der Waals surface area (Å²) in [6.45, 7) is 3.69. The lowest BCUT2D eigenvalue weighted by Gasteiger charge is -2.27. The van der Waals surface area contributed by atoms with Gasteiger partial charge in [-0.05, 0) is 24.1 Å². The number of halogens is 1. The van der Waals surface area contributed by atoms with E-state index in [1.165, 1.54) is 0 Å². The van der Waals surface area contributed by atoms with Gasteiger partial charge in [0.1, 0.15) is 5.82 Å². The molecule has 0 saturated heterocycles. The van der Waals surface area contributed by atoms with E-state index >= 15 is 0 Å². The Balaban J connectivity index is 1.60. The average molecular weight is 339 g/mol. The number of fused-ring (bicyclic) bond motifs is 1. The van der Waals surface area contributed by atoms with Crippen molar-refractivity contribution in [3.63, 3.8) is 0 Å². The number of hydrogen-bond donors (Lipinski definition) is 2. The van der Waals surface area contributed by atoms with Crippen LogP contribution in [0.25, 0.3) is 0 Å². The van der Waals surface area contributed by atoms with Crippen molar-refractivity contribution in [2.75, 3.05) is 6.54 Å². The van der Waals surface area contributed by atoms with E-state index in [4.69, 9.17) is 11.6 Å². The van der Waals surface area contributed by atoms with Crippen LogP contribution in [0.5, 0.6) is 0 Å². The first-order valence-corrected chi connectivity index (χ1v) is 8.04. The Morgan fingerprint density at radius 2 is 2.35 bits per heavy atom. The Kier molecular flexibility index (Phi) is 4.63. The van der Waals surface area contributed by atoms with Gasteiger partial charge in [-0.1, -0.05) is 6.92 Å². The zero-order valence-electron chi connectivity index (χ0n) is 12.9. The fourth-order valence-electron chi connectivity index (χ4n) is 2.64. The van der Waals surface area contributed by atoms with Crippen LogP contribution < -0.4 is 0 Å². The number of H-pyrrole nitrogens is 1. The Labute approximate surface area is 138 Å². The second kappa shape index (κ2) is 6.67. The lowest BCUT2D eigenvalue weighted by molar-refractivity contribution is -0.132. The molecule has 0 bridgehead atoms. The number of aromatic nitrogens is 5. The van der Waals surface area contributed by atoms with Crippen molar-refractivity contribution in [1.29, 1.82) is 0 Å². The van der Waals surface area contributed by atoms with Gasteiger partial charge in [-0.15, -0.1) is 5.10 Å². The molecule has 0 radical (unpaired) electrons. The van der Waals surface area contributed by atoms with Gasteiger partial charge in [-0.25, -0.2) is 4.98 Å². The van der Waals surface area contributed by atoms with Crippen LogP contribution in [-0.4, -0.2) is 47.4 Å². The molecule has 3 heterocycles. The smallest absolute Gasteiger partial charge is 0.242 e. The van der Waals surface area contributed by atoms with Crippen LogP contribution in [0, 0.1) is 0 Å². The number of aliphatic hydroxyl groups excluding tert-OH is 1. The van der Waals surface area contributed by atoms with Crippen LogP contribution in [0.15, 0.2) is 6.07 Å². The maximum absolute atomic E-state index is 12.3. The third-order valence-electron chi connectivity index (χ3n) is 3.98. The second-order valence-electron chi connectivity index (χ2n) is 5.57. The molecule has 1 atom stereocenters. The van der Waals surface area contributed by atoms with Crippen LogP contribution in [0.4, 0.5) is 0 Å². The summed E-state index contributed by atoms with van der Waals surface area (Å²) in [7, 11) is 0. The van der Waals surface area contributed by atoms with Crippen LogP contribution in [0.3, 0.4) is 0 Å². The number of aromatic amines is 1. The number of rotatable bonds is 5. The average Bonchev–Trinajstić information content (AvgIpc) is 3.16. The number of nitrogens with zero attached hydrogens (tertiary/aromatic N) is 5. The summed E-state index contributed by atoms with van der Waals surface area (Å²) in [5.41, 5.74) is 1.63. The summed E-state index contributed by atoms with van der Waals surface area (Å²) in [5, 5.41) is 20.9. The zero-order chi connectivity index (χ0) is 16.4. The largest absolute Gasteiger partial charge is 0.387 e. The van der Waals surface area contributed by atoms with E-state index in [1.54, 1.807) is 4.90 Å². The Morgan fingerprint density at radius 1 is 1.52 bits per heavy atom. The lowest BCUT2D eigenvalue weighted by atomic mass is 10.2. The summed E-state index contributed by atoms with van der Waals surface area (Å²) in [5.74, 6) is 0.668. The lowest BCUT2D eigenvalue weighted by Crippen LogP contribution is -2.38. The summed E-state index contributed by atoms with van der Waals surface area (Å²) in [6, 6.07) is 1.88. The molecule has 0 saturated carbocycles. The van der Waals surface area contributed by atoms with Crippen molar-refractivity contribution in [2.24, 2.45) is 0 Å². The molecule has 2 N–H and O–H groups in total. The first-order valence-electron chi connectivity index (χ1n) is 7.66. The maximum Gasteiger partial charge on any atom is 0.242 e. The minimum Gasteiger partial charge on any atom is -0.387 e. The van der Waals surface area contributed by atoms with Gasteiger partial charge in [-0.2, -0.15) is 5.10 Å². The minimum atomic E-state index is -0.548. The normalized spacial score (nSPS) is 15.5. The molecule has 1 amide bonds. The SMILES string of the molecule is CC[C@@H](O)c1cc2n(n1)CCN(C(=O)CCc1nc(Cl)n[nH]1)C2. The van der Waals surface area contributed by atoms with Gasteiger partial charge in [-0.3, -0.25) is 14.6 Å². The summed E-state index contributed by atoms with van der Waals surface area (Å²) in [4.78, 5) is 18.1. The van der Waals surface area contributed by atoms with Gasteiger partial charge in [0.05, 0.1) is 30.6 Å². The van der Waals surface area contributed by atoms with Crippen molar-refractivity contribution < 1.29 is 9.90 Å². The standard InChI is InChI=1S/C14H19ClN6O2/c1-2-11(22)10-7-9-8-20(5-6-21(9)19-10)13(23)4-3-12-16-14(15)18-17-12/h7,11,22H,2-6,8H2,1H3,(H,16,17,18)/t11-/m1/s1. The predicted octanol–water partition coefficient (Wildman–Crippen LogP) is 1.07. The first-order chi connectivity index (χ1) is 11.1. The van der Waals surface area contributed by atoms with Crippen LogP contribution in [0.2, 0.25) is 5.28 Å². The van der Waals surface area contributed by atoms with E-state index < -0.39 is 6.10 Å². The second-order valence-corrected chi connectivity index (χ2v) is 5.91. The van der Waals surface area contributed by atoms with E-state index in [-0.39, 0.29) is 11.2 Å². The maximum atomic E-state index is 12.3. The highest BCUT2D eigenvalue weighted by molar-refractivity contribution is 6.28. The number of nitrogens with one attached hydrogen (secondary N) is 1. The third kappa shape index (κ3) is 3.53. The number of hydrogen-bond acceptors (Lipinski definition) is 5. The van der Waals surface area contributed by atoms with Gasteiger partial charge >= 0.3 is 0 Å². The Bertz CT molecular complexity index is 697.